The van der Waals surface area contributed by atoms with Crippen molar-refractivity contribution in [2.75, 3.05) is 39.9 Å². The van der Waals surface area contributed by atoms with E-state index in [1.165, 1.54) is 18.2 Å². The summed E-state index contributed by atoms with van der Waals surface area (Å²) < 4.78 is 5.29. The molecule has 3 N–H and O–H groups in total. The molecule has 1 heterocycles. The molecular formula is C17H23ClN4O5. The number of hydrogen-bond donors (Lipinski definition) is 3. The Hall–Kier alpha value is -2.23. The number of nitro groups is 1. The van der Waals surface area contributed by atoms with Crippen LogP contribution in [0.15, 0.2) is 18.2 Å². The molecule has 2 rings (SSSR count). The molecule has 0 bridgehead atoms. The van der Waals surface area contributed by atoms with E-state index in [1.807, 2.05) is 0 Å². The van der Waals surface area contributed by atoms with Gasteiger partial charge in [-0.25, -0.2) is 0 Å². The Morgan fingerprint density at radius 3 is 2.67 bits per heavy atom. The number of hydrogen-bond acceptors (Lipinski definition) is 6. The molecule has 0 unspecified atom stereocenters. The summed E-state index contributed by atoms with van der Waals surface area (Å²) in [5.74, 6) is -1.15. The zero-order chi connectivity index (χ0) is 19.9. The number of halogens is 1. The van der Waals surface area contributed by atoms with Gasteiger partial charge in [-0.15, -0.1) is 0 Å². The molecule has 0 radical (unpaired) electrons. The molecule has 0 spiro atoms. The average Bonchev–Trinajstić information content (AvgIpc) is 2.65. The summed E-state index contributed by atoms with van der Waals surface area (Å²) in [7, 11) is 1.63. The molecule has 1 aliphatic rings. The van der Waals surface area contributed by atoms with Crippen molar-refractivity contribution in [2.45, 2.75) is 12.8 Å². The second-order valence-electron chi connectivity index (χ2n) is 6.53. The Balaban J connectivity index is 1.92. The predicted molar refractivity (Wildman–Crippen MR) is 99.9 cm³/mol. The van der Waals surface area contributed by atoms with E-state index in [4.69, 9.17) is 16.3 Å². The molecule has 2 amide bonds. The minimum Gasteiger partial charge on any atom is -0.384 e. The van der Waals surface area contributed by atoms with Crippen LogP contribution in [-0.4, -0.2) is 56.6 Å². The van der Waals surface area contributed by atoms with Crippen LogP contribution in [0, 0.1) is 15.5 Å². The van der Waals surface area contributed by atoms with Crippen molar-refractivity contribution in [3.05, 3.63) is 38.9 Å². The van der Waals surface area contributed by atoms with Crippen LogP contribution in [0.25, 0.3) is 0 Å². The molecule has 0 aliphatic carbocycles. The minimum atomic E-state index is -0.768. The molecule has 148 valence electrons. The van der Waals surface area contributed by atoms with Gasteiger partial charge in [0, 0.05) is 25.1 Å². The molecule has 1 aromatic rings. The highest BCUT2D eigenvalue weighted by Crippen LogP contribution is 2.28. The third-order valence-electron chi connectivity index (χ3n) is 4.60. The molecule has 1 fully saturated rings. The van der Waals surface area contributed by atoms with Crippen LogP contribution in [0.1, 0.15) is 23.2 Å². The third kappa shape index (κ3) is 5.62. The lowest BCUT2D eigenvalue weighted by Gasteiger charge is -2.37. The standard InChI is InChI=1S/C17H23ClN4O5/c1-27-11-17(5-7-19-8-6-17)10-21-14(23)9-20-16(24)15-12(18)3-2-4-13(15)22(25)26/h2-4,19H,5-11H2,1H3,(H,20,24)(H,21,23). The Morgan fingerprint density at radius 1 is 1.33 bits per heavy atom. The molecule has 9 nitrogen and oxygen atoms in total. The average molecular weight is 399 g/mol. The second kappa shape index (κ2) is 9.63. The van der Waals surface area contributed by atoms with E-state index in [0.29, 0.717) is 13.2 Å². The molecule has 1 aliphatic heterocycles. The van der Waals surface area contributed by atoms with E-state index in [2.05, 4.69) is 16.0 Å². The Morgan fingerprint density at radius 2 is 2.04 bits per heavy atom. The molecule has 10 heteroatoms. The Bertz CT molecular complexity index is 701. The molecule has 27 heavy (non-hydrogen) atoms. The minimum absolute atomic E-state index is 0.0455. The fourth-order valence-electron chi connectivity index (χ4n) is 3.12. The van der Waals surface area contributed by atoms with Gasteiger partial charge in [0.15, 0.2) is 0 Å². The van der Waals surface area contributed by atoms with Crippen LogP contribution < -0.4 is 16.0 Å². The number of benzene rings is 1. The van der Waals surface area contributed by atoms with Crippen LogP contribution in [-0.2, 0) is 9.53 Å². The number of amides is 2. The molecule has 0 atom stereocenters. The van der Waals surface area contributed by atoms with Crippen LogP contribution in [0.5, 0.6) is 0 Å². The van der Waals surface area contributed by atoms with Gasteiger partial charge in [-0.3, -0.25) is 19.7 Å². The van der Waals surface area contributed by atoms with E-state index in [1.54, 1.807) is 7.11 Å². The van der Waals surface area contributed by atoms with Gasteiger partial charge in [-0.05, 0) is 32.0 Å². The number of nitrogens with one attached hydrogen (secondary N) is 3. The van der Waals surface area contributed by atoms with Gasteiger partial charge < -0.3 is 20.7 Å². The Labute approximate surface area is 161 Å². The zero-order valence-corrected chi connectivity index (χ0v) is 15.8. The number of carbonyl (C=O) groups is 2. The number of carbonyl (C=O) groups excluding carboxylic acids is 2. The smallest absolute Gasteiger partial charge is 0.283 e. The number of nitrogens with zero attached hydrogens (tertiary/aromatic N) is 1. The number of methoxy groups -OCH3 is 1. The SMILES string of the molecule is COCC1(CNC(=O)CNC(=O)c2c(Cl)cccc2[N+](=O)[O-])CCNCC1. The van der Waals surface area contributed by atoms with E-state index in [0.717, 1.165) is 25.9 Å². The summed E-state index contributed by atoms with van der Waals surface area (Å²) >= 11 is 5.91. The molecule has 0 aromatic heterocycles. The van der Waals surface area contributed by atoms with Gasteiger partial charge in [0.25, 0.3) is 11.6 Å². The van der Waals surface area contributed by atoms with E-state index < -0.39 is 16.5 Å². The number of ether oxygens (including phenoxy) is 1. The van der Waals surface area contributed by atoms with Gasteiger partial charge in [0.2, 0.25) is 5.91 Å². The maximum Gasteiger partial charge on any atom is 0.283 e. The summed E-state index contributed by atoms with van der Waals surface area (Å²) in [6.45, 7) is 2.37. The highest BCUT2D eigenvalue weighted by molar-refractivity contribution is 6.34. The number of nitro benzene ring substituents is 1. The quantitative estimate of drug-likeness (QED) is 0.445. The fourth-order valence-corrected chi connectivity index (χ4v) is 3.38. The lowest BCUT2D eigenvalue weighted by atomic mass is 9.79. The maximum absolute atomic E-state index is 12.3. The first-order valence-electron chi connectivity index (χ1n) is 8.56. The summed E-state index contributed by atoms with van der Waals surface area (Å²) in [6.07, 6.45) is 1.75. The lowest BCUT2D eigenvalue weighted by Crippen LogP contribution is -2.48. The summed E-state index contributed by atoms with van der Waals surface area (Å²) in [5, 5.41) is 19.5. The van der Waals surface area contributed by atoms with E-state index in [-0.39, 0.29) is 28.5 Å². The highest BCUT2D eigenvalue weighted by Gasteiger charge is 2.32. The van der Waals surface area contributed by atoms with Crippen molar-refractivity contribution in [2.24, 2.45) is 5.41 Å². The summed E-state index contributed by atoms with van der Waals surface area (Å²) in [4.78, 5) is 34.8. The fraction of sp³-hybridized carbons (Fsp3) is 0.529. The lowest BCUT2D eigenvalue weighted by molar-refractivity contribution is -0.385. The first kappa shape index (κ1) is 21.1. The van der Waals surface area contributed by atoms with Gasteiger partial charge in [0.1, 0.15) is 5.56 Å². The van der Waals surface area contributed by atoms with Crippen LogP contribution in [0.3, 0.4) is 0 Å². The van der Waals surface area contributed by atoms with Crippen molar-refractivity contribution in [3.8, 4) is 0 Å². The zero-order valence-electron chi connectivity index (χ0n) is 15.0. The second-order valence-corrected chi connectivity index (χ2v) is 6.94. The van der Waals surface area contributed by atoms with Crippen molar-refractivity contribution >= 4 is 29.1 Å². The largest absolute Gasteiger partial charge is 0.384 e. The summed E-state index contributed by atoms with van der Waals surface area (Å²) in [6, 6.07) is 3.96. The monoisotopic (exact) mass is 398 g/mol. The van der Waals surface area contributed by atoms with Gasteiger partial charge in [0.05, 0.1) is 23.1 Å². The van der Waals surface area contributed by atoms with Gasteiger partial charge >= 0.3 is 0 Å². The maximum atomic E-state index is 12.3. The first-order chi connectivity index (χ1) is 12.9. The number of piperidine rings is 1. The molecular weight excluding hydrogens is 376 g/mol. The first-order valence-corrected chi connectivity index (χ1v) is 8.94. The van der Waals surface area contributed by atoms with Crippen molar-refractivity contribution < 1.29 is 19.2 Å². The topological polar surface area (TPSA) is 123 Å². The predicted octanol–water partition coefficient (Wildman–Crippen LogP) is 1.11. The van der Waals surface area contributed by atoms with E-state index in [9.17, 15) is 19.7 Å². The van der Waals surface area contributed by atoms with Crippen LogP contribution in [0.2, 0.25) is 5.02 Å². The van der Waals surface area contributed by atoms with Crippen LogP contribution >= 0.6 is 11.6 Å². The van der Waals surface area contributed by atoms with Crippen molar-refractivity contribution in [1.29, 1.82) is 0 Å². The molecule has 0 saturated carbocycles. The number of rotatable bonds is 8. The van der Waals surface area contributed by atoms with Crippen molar-refractivity contribution in [3.63, 3.8) is 0 Å². The van der Waals surface area contributed by atoms with Gasteiger partial charge in [-0.2, -0.15) is 0 Å². The summed E-state index contributed by atoms with van der Waals surface area (Å²) in [5.41, 5.74) is -0.804. The highest BCUT2D eigenvalue weighted by atomic mass is 35.5. The normalized spacial score (nSPS) is 15.8. The van der Waals surface area contributed by atoms with E-state index >= 15 is 0 Å². The van der Waals surface area contributed by atoms with Gasteiger partial charge in [-0.1, -0.05) is 17.7 Å². The van der Waals surface area contributed by atoms with Crippen molar-refractivity contribution in [1.82, 2.24) is 16.0 Å². The molecule has 1 aromatic carbocycles. The third-order valence-corrected chi connectivity index (χ3v) is 4.92. The van der Waals surface area contributed by atoms with Crippen LogP contribution in [0.4, 0.5) is 5.69 Å². The molecule has 1 saturated heterocycles. The Kier molecular flexibility index (Phi) is 7.52.